The van der Waals surface area contributed by atoms with Gasteiger partial charge in [0.1, 0.15) is 16.1 Å². The molecule has 0 radical (unpaired) electrons. The van der Waals surface area contributed by atoms with Gasteiger partial charge in [0.05, 0.1) is 0 Å². The molecular weight excluding hydrogens is 489 g/mol. The Morgan fingerprint density at radius 3 is 1.00 bits per heavy atom. The molecule has 2 heteroatoms. The molecule has 0 nitrogen and oxygen atoms in total. The zero-order valence-corrected chi connectivity index (χ0v) is 25.1. The van der Waals surface area contributed by atoms with Crippen LogP contribution in [0.15, 0.2) is 84.9 Å². The first-order valence-corrected chi connectivity index (χ1v) is 20.4. The molecule has 0 bridgehead atoms. The van der Waals surface area contributed by atoms with Crippen LogP contribution in [0, 0.1) is 22.9 Å². The molecular formula is C36H32Si2. The van der Waals surface area contributed by atoms with Crippen molar-refractivity contribution in [2.24, 2.45) is 0 Å². The van der Waals surface area contributed by atoms with Gasteiger partial charge in [0, 0.05) is 11.1 Å². The number of rotatable bonds is 0. The highest BCUT2D eigenvalue weighted by molar-refractivity contribution is 6.84. The lowest BCUT2D eigenvalue weighted by Gasteiger charge is -2.12. The van der Waals surface area contributed by atoms with Crippen molar-refractivity contribution < 1.29 is 0 Å². The number of hydrogen-bond acceptors (Lipinski definition) is 0. The van der Waals surface area contributed by atoms with E-state index in [-0.39, 0.29) is 0 Å². The van der Waals surface area contributed by atoms with Gasteiger partial charge in [-0.05, 0) is 78.1 Å². The van der Waals surface area contributed by atoms with Crippen LogP contribution in [0.5, 0.6) is 0 Å². The van der Waals surface area contributed by atoms with Gasteiger partial charge in [-0.3, -0.25) is 0 Å². The average Bonchev–Trinajstić information content (AvgIpc) is 2.88. The lowest BCUT2D eigenvalue weighted by atomic mass is 9.92. The Hall–Kier alpha value is -3.83. The summed E-state index contributed by atoms with van der Waals surface area (Å²) in [6.07, 6.45) is 0. The molecule has 0 N–H and O–H groups in total. The van der Waals surface area contributed by atoms with Crippen LogP contribution in [0.4, 0.5) is 0 Å². The average molecular weight is 521 g/mol. The van der Waals surface area contributed by atoms with E-state index in [1.54, 1.807) is 0 Å². The molecule has 184 valence electrons. The molecule has 0 saturated heterocycles. The second kappa shape index (κ2) is 8.88. The van der Waals surface area contributed by atoms with Crippen molar-refractivity contribution in [1.82, 2.24) is 0 Å². The van der Waals surface area contributed by atoms with Crippen LogP contribution in [0.25, 0.3) is 53.9 Å². The van der Waals surface area contributed by atoms with E-state index in [1.807, 2.05) is 0 Å². The van der Waals surface area contributed by atoms with E-state index in [2.05, 4.69) is 147 Å². The minimum atomic E-state index is -1.40. The molecule has 0 atom stereocenters. The van der Waals surface area contributed by atoms with Gasteiger partial charge in [-0.2, -0.15) is 0 Å². The fraction of sp³-hybridized carbons (Fsp3) is 0.167. The Bertz CT molecular complexity index is 1890. The summed E-state index contributed by atoms with van der Waals surface area (Å²) in [7, 11) is -2.80. The summed E-state index contributed by atoms with van der Waals surface area (Å²) in [5.41, 5.74) is 9.19. The second-order valence-electron chi connectivity index (χ2n) is 12.4. The summed E-state index contributed by atoms with van der Waals surface area (Å²) in [5.74, 6) is 6.82. The van der Waals surface area contributed by atoms with Crippen LogP contribution in [-0.4, -0.2) is 16.1 Å². The van der Waals surface area contributed by atoms with E-state index in [9.17, 15) is 0 Å². The number of fused-ring (bicyclic) bond motifs is 9. The van der Waals surface area contributed by atoms with Crippen molar-refractivity contribution in [3.8, 4) is 22.9 Å². The van der Waals surface area contributed by atoms with Gasteiger partial charge < -0.3 is 0 Å². The maximum atomic E-state index is 3.49. The van der Waals surface area contributed by atoms with Gasteiger partial charge in [0.2, 0.25) is 0 Å². The summed E-state index contributed by atoms with van der Waals surface area (Å²) in [6, 6.07) is 31.6. The largest absolute Gasteiger partial charge is 0.129 e. The first kappa shape index (κ1) is 24.5. The van der Waals surface area contributed by atoms with Crippen LogP contribution in [-0.2, 0) is 0 Å². The van der Waals surface area contributed by atoms with E-state index < -0.39 is 16.1 Å². The van der Waals surface area contributed by atoms with Gasteiger partial charge in [-0.1, -0.05) is 112 Å². The molecule has 0 amide bonds. The first-order chi connectivity index (χ1) is 18.1. The number of hydrogen-bond donors (Lipinski definition) is 0. The van der Waals surface area contributed by atoms with Crippen molar-refractivity contribution >= 4 is 70.0 Å². The third-order valence-corrected chi connectivity index (χ3v) is 8.74. The highest BCUT2D eigenvalue weighted by Crippen LogP contribution is 2.37. The van der Waals surface area contributed by atoms with Crippen LogP contribution >= 0.6 is 0 Å². The molecule has 0 heterocycles. The predicted molar refractivity (Wildman–Crippen MR) is 174 cm³/mol. The molecule has 0 aliphatic carbocycles. The van der Waals surface area contributed by atoms with Gasteiger partial charge in [0.25, 0.3) is 0 Å². The van der Waals surface area contributed by atoms with Crippen molar-refractivity contribution in [2.45, 2.75) is 39.3 Å². The summed E-state index contributed by atoms with van der Waals surface area (Å²) in [6.45, 7) is 13.7. The number of benzene rings is 6. The van der Waals surface area contributed by atoms with E-state index in [4.69, 9.17) is 0 Å². The molecule has 6 aromatic rings. The fourth-order valence-corrected chi connectivity index (χ4v) is 6.23. The monoisotopic (exact) mass is 520 g/mol. The smallest absolute Gasteiger partial charge is 0.127 e. The van der Waals surface area contributed by atoms with Crippen molar-refractivity contribution in [3.05, 3.63) is 96.1 Å². The predicted octanol–water partition coefficient (Wildman–Crippen LogP) is 9.91. The lowest BCUT2D eigenvalue weighted by Crippen LogP contribution is -2.16. The van der Waals surface area contributed by atoms with E-state index in [0.717, 1.165) is 11.1 Å². The van der Waals surface area contributed by atoms with E-state index in [1.165, 1.54) is 53.9 Å². The molecule has 38 heavy (non-hydrogen) atoms. The molecule has 0 unspecified atom stereocenters. The summed E-state index contributed by atoms with van der Waals surface area (Å²) >= 11 is 0. The maximum Gasteiger partial charge on any atom is 0.129 e. The van der Waals surface area contributed by atoms with Gasteiger partial charge in [0.15, 0.2) is 0 Å². The SMILES string of the molecule is C[Si](C)(C)C#Cc1ccc2c(ccc3c2ccc2c4ccc5cc(C#C[Si](C)(C)C)ccc5c4ccc32)c1. The maximum absolute atomic E-state index is 3.49. The van der Waals surface area contributed by atoms with Crippen LogP contribution in [0.2, 0.25) is 39.3 Å². The highest BCUT2D eigenvalue weighted by atomic mass is 28.3. The zero-order chi connectivity index (χ0) is 26.7. The van der Waals surface area contributed by atoms with E-state index >= 15 is 0 Å². The molecule has 0 fully saturated rings. The minimum Gasteiger partial charge on any atom is -0.127 e. The molecule has 6 aromatic carbocycles. The van der Waals surface area contributed by atoms with Crippen molar-refractivity contribution in [2.75, 3.05) is 0 Å². The van der Waals surface area contributed by atoms with Crippen LogP contribution < -0.4 is 0 Å². The Morgan fingerprint density at radius 2 is 0.658 bits per heavy atom. The Labute approximate surface area is 227 Å². The Balaban J connectivity index is 1.50. The topological polar surface area (TPSA) is 0 Å². The lowest BCUT2D eigenvalue weighted by molar-refractivity contribution is 1.71. The molecule has 0 spiro atoms. The summed E-state index contributed by atoms with van der Waals surface area (Å²) < 4.78 is 0. The van der Waals surface area contributed by atoms with Crippen molar-refractivity contribution in [1.29, 1.82) is 0 Å². The molecule has 0 saturated carbocycles. The zero-order valence-electron chi connectivity index (χ0n) is 23.1. The van der Waals surface area contributed by atoms with Crippen molar-refractivity contribution in [3.63, 3.8) is 0 Å². The Kier molecular flexibility index (Phi) is 5.73. The molecule has 0 aromatic heterocycles. The minimum absolute atomic E-state index is 1.10. The standard InChI is InChI=1S/C36H32Si2/c1-37(2,3)21-19-25-7-11-29-27(23-25)9-13-33-31(29)15-17-36-34-14-10-28-24-26(20-22-38(4,5)6)8-12-30(28)32(34)16-18-35(33)36/h7-18,23-24H,1-6H3. The van der Waals surface area contributed by atoms with Crippen LogP contribution in [0.1, 0.15) is 11.1 Å². The van der Waals surface area contributed by atoms with Gasteiger partial charge >= 0.3 is 0 Å². The van der Waals surface area contributed by atoms with Gasteiger partial charge in [-0.25, -0.2) is 0 Å². The van der Waals surface area contributed by atoms with Crippen LogP contribution in [0.3, 0.4) is 0 Å². The quantitative estimate of drug-likeness (QED) is 0.106. The fourth-order valence-electron chi connectivity index (χ4n) is 5.19. The van der Waals surface area contributed by atoms with E-state index in [0.29, 0.717) is 0 Å². The third-order valence-electron chi connectivity index (χ3n) is 6.99. The molecule has 6 rings (SSSR count). The Morgan fingerprint density at radius 1 is 0.368 bits per heavy atom. The summed E-state index contributed by atoms with van der Waals surface area (Å²) in [4.78, 5) is 0. The molecule has 0 aliphatic rings. The second-order valence-corrected chi connectivity index (χ2v) is 21.9. The van der Waals surface area contributed by atoms with Gasteiger partial charge in [-0.15, -0.1) is 11.1 Å². The highest BCUT2D eigenvalue weighted by Gasteiger charge is 2.11. The summed E-state index contributed by atoms with van der Waals surface area (Å²) in [5, 5.41) is 12.9. The third kappa shape index (κ3) is 4.63. The molecule has 0 aliphatic heterocycles. The normalized spacial score (nSPS) is 12.1. The first-order valence-electron chi connectivity index (χ1n) is 13.4.